The van der Waals surface area contributed by atoms with Gasteiger partial charge in [-0.05, 0) is 25.9 Å². The van der Waals surface area contributed by atoms with Gasteiger partial charge >= 0.3 is 0 Å². The monoisotopic (exact) mass is 186 g/mol. The van der Waals surface area contributed by atoms with E-state index in [4.69, 9.17) is 0 Å². The van der Waals surface area contributed by atoms with Crippen molar-refractivity contribution in [2.45, 2.75) is 38.8 Å². The van der Waals surface area contributed by atoms with Crippen LogP contribution in [0.1, 0.15) is 26.7 Å². The van der Waals surface area contributed by atoms with Crippen molar-refractivity contribution >= 4 is 0 Å². The summed E-state index contributed by atoms with van der Waals surface area (Å²) in [6.07, 6.45) is 2.01. The Bertz CT molecular complexity index is 139. The van der Waals surface area contributed by atoms with E-state index in [1.54, 1.807) is 0 Å². The second-order valence-corrected chi connectivity index (χ2v) is 3.89. The molecule has 2 unspecified atom stereocenters. The number of β-amino-alcohol motifs (C(OH)–C–C–N with tert-alkyl or cyclic N) is 1. The summed E-state index contributed by atoms with van der Waals surface area (Å²) in [6, 6.07) is 0.501. The first-order valence-electron chi connectivity index (χ1n) is 5.40. The second kappa shape index (κ2) is 5.58. The van der Waals surface area contributed by atoms with Crippen LogP contribution in [0.15, 0.2) is 0 Å². The van der Waals surface area contributed by atoms with E-state index in [0.29, 0.717) is 6.04 Å². The van der Waals surface area contributed by atoms with Crippen molar-refractivity contribution < 1.29 is 5.11 Å². The molecule has 3 nitrogen and oxygen atoms in total. The molecule has 0 aromatic carbocycles. The van der Waals surface area contributed by atoms with E-state index in [-0.39, 0.29) is 6.10 Å². The number of nitrogens with one attached hydrogen (secondary N) is 1. The lowest BCUT2D eigenvalue weighted by molar-refractivity contribution is 0.187. The molecule has 1 aliphatic heterocycles. The fourth-order valence-corrected chi connectivity index (χ4v) is 1.94. The Hall–Kier alpha value is -0.120. The van der Waals surface area contributed by atoms with Crippen LogP contribution in [0.3, 0.4) is 0 Å². The summed E-state index contributed by atoms with van der Waals surface area (Å²) in [5.74, 6) is 0. The van der Waals surface area contributed by atoms with Crippen molar-refractivity contribution in [3.05, 3.63) is 0 Å². The number of hydrogen-bond donors (Lipinski definition) is 2. The maximum absolute atomic E-state index is 9.33. The first-order chi connectivity index (χ1) is 6.26. The van der Waals surface area contributed by atoms with Crippen LogP contribution < -0.4 is 5.32 Å². The Morgan fingerprint density at radius 2 is 2.23 bits per heavy atom. The smallest absolute Gasteiger partial charge is 0.0680 e. The molecule has 2 atom stereocenters. The van der Waals surface area contributed by atoms with Gasteiger partial charge < -0.3 is 15.3 Å². The maximum atomic E-state index is 9.33. The Balaban J connectivity index is 2.21. The molecule has 0 bridgehead atoms. The number of likely N-dealkylation sites (N-methyl/N-ethyl adjacent to an activating group) is 1. The quantitative estimate of drug-likeness (QED) is 0.654. The van der Waals surface area contributed by atoms with E-state index < -0.39 is 0 Å². The predicted octanol–water partition coefficient (Wildman–Crippen LogP) is 0.441. The van der Waals surface area contributed by atoms with Crippen molar-refractivity contribution in [1.82, 2.24) is 10.2 Å². The van der Waals surface area contributed by atoms with Gasteiger partial charge in [0, 0.05) is 19.1 Å². The number of rotatable bonds is 5. The van der Waals surface area contributed by atoms with Crippen molar-refractivity contribution in [2.24, 2.45) is 0 Å². The molecule has 0 aromatic heterocycles. The zero-order valence-corrected chi connectivity index (χ0v) is 8.79. The van der Waals surface area contributed by atoms with Crippen LogP contribution in [-0.2, 0) is 0 Å². The lowest BCUT2D eigenvalue weighted by atomic mass is 10.2. The third-order valence-corrected chi connectivity index (χ3v) is 2.66. The fourth-order valence-electron chi connectivity index (χ4n) is 1.94. The molecule has 0 spiro atoms. The number of aliphatic hydroxyl groups excluding tert-OH is 1. The maximum Gasteiger partial charge on any atom is 0.0680 e. The van der Waals surface area contributed by atoms with Gasteiger partial charge in [-0.1, -0.05) is 13.8 Å². The molecule has 78 valence electrons. The summed E-state index contributed by atoms with van der Waals surface area (Å²) < 4.78 is 0. The van der Waals surface area contributed by atoms with Gasteiger partial charge in [0.05, 0.1) is 6.10 Å². The van der Waals surface area contributed by atoms with Gasteiger partial charge in [0.15, 0.2) is 0 Å². The summed E-state index contributed by atoms with van der Waals surface area (Å²) >= 11 is 0. The van der Waals surface area contributed by atoms with Crippen LogP contribution in [0.4, 0.5) is 0 Å². The van der Waals surface area contributed by atoms with E-state index in [1.165, 1.54) is 13.0 Å². The van der Waals surface area contributed by atoms with E-state index in [9.17, 15) is 5.11 Å². The highest BCUT2D eigenvalue weighted by molar-refractivity contribution is 4.83. The van der Waals surface area contributed by atoms with E-state index in [2.05, 4.69) is 24.1 Å². The molecule has 0 saturated carbocycles. The number of hydrogen-bond acceptors (Lipinski definition) is 3. The molecule has 0 radical (unpaired) electrons. The van der Waals surface area contributed by atoms with Crippen molar-refractivity contribution in [3.8, 4) is 0 Å². The molecule has 0 aromatic rings. The van der Waals surface area contributed by atoms with Crippen LogP contribution >= 0.6 is 0 Å². The molecular weight excluding hydrogens is 164 g/mol. The lowest BCUT2D eigenvalue weighted by Crippen LogP contribution is -2.37. The van der Waals surface area contributed by atoms with Crippen molar-refractivity contribution in [2.75, 3.05) is 26.2 Å². The first kappa shape index (κ1) is 11.0. The molecule has 2 N–H and O–H groups in total. The van der Waals surface area contributed by atoms with E-state index in [1.807, 2.05) is 0 Å². The molecule has 1 heterocycles. The summed E-state index contributed by atoms with van der Waals surface area (Å²) in [7, 11) is 0. The molecule has 3 heteroatoms. The Morgan fingerprint density at radius 1 is 1.46 bits per heavy atom. The number of nitrogens with zero attached hydrogens (tertiary/aromatic N) is 1. The lowest BCUT2D eigenvalue weighted by Gasteiger charge is -2.23. The van der Waals surface area contributed by atoms with Crippen molar-refractivity contribution in [3.63, 3.8) is 0 Å². The van der Waals surface area contributed by atoms with Crippen LogP contribution in [0.5, 0.6) is 0 Å². The molecule has 1 saturated heterocycles. The highest BCUT2D eigenvalue weighted by Crippen LogP contribution is 2.08. The molecule has 0 amide bonds. The second-order valence-electron chi connectivity index (χ2n) is 3.89. The zero-order chi connectivity index (χ0) is 9.68. The van der Waals surface area contributed by atoms with Gasteiger partial charge in [-0.15, -0.1) is 0 Å². The third-order valence-electron chi connectivity index (χ3n) is 2.66. The fraction of sp³-hybridized carbons (Fsp3) is 1.00. The Labute approximate surface area is 81.1 Å². The molecule has 13 heavy (non-hydrogen) atoms. The Kier molecular flexibility index (Phi) is 4.70. The van der Waals surface area contributed by atoms with E-state index in [0.717, 1.165) is 26.1 Å². The van der Waals surface area contributed by atoms with Crippen LogP contribution in [0.25, 0.3) is 0 Å². The summed E-state index contributed by atoms with van der Waals surface area (Å²) in [6.45, 7) is 8.54. The van der Waals surface area contributed by atoms with Gasteiger partial charge in [0.2, 0.25) is 0 Å². The molecule has 1 rings (SSSR count). The van der Waals surface area contributed by atoms with Gasteiger partial charge in [0.1, 0.15) is 0 Å². The topological polar surface area (TPSA) is 35.5 Å². The average Bonchev–Trinajstić information content (AvgIpc) is 2.50. The first-order valence-corrected chi connectivity index (χ1v) is 5.40. The summed E-state index contributed by atoms with van der Waals surface area (Å²) in [5.41, 5.74) is 0. The largest absolute Gasteiger partial charge is 0.392 e. The van der Waals surface area contributed by atoms with Gasteiger partial charge in [0.25, 0.3) is 0 Å². The zero-order valence-electron chi connectivity index (χ0n) is 8.79. The van der Waals surface area contributed by atoms with Crippen molar-refractivity contribution in [1.29, 1.82) is 0 Å². The minimum absolute atomic E-state index is 0.120. The average molecular weight is 186 g/mol. The van der Waals surface area contributed by atoms with Crippen LogP contribution in [0, 0.1) is 0 Å². The van der Waals surface area contributed by atoms with Crippen LogP contribution in [-0.4, -0.2) is 48.3 Å². The predicted molar refractivity (Wildman–Crippen MR) is 54.8 cm³/mol. The molecule has 1 aliphatic rings. The normalized spacial score (nSPS) is 28.6. The SMILES string of the molecule is CCCN(CC)CC1CC(O)CN1. The molecular formula is C10H22N2O. The molecule has 1 fully saturated rings. The summed E-state index contributed by atoms with van der Waals surface area (Å²) in [5, 5.41) is 12.7. The highest BCUT2D eigenvalue weighted by atomic mass is 16.3. The summed E-state index contributed by atoms with van der Waals surface area (Å²) in [4.78, 5) is 2.44. The minimum Gasteiger partial charge on any atom is -0.392 e. The standard InChI is InChI=1S/C10H22N2O/c1-3-5-12(4-2)8-9-6-10(13)7-11-9/h9-11,13H,3-8H2,1-2H3. The van der Waals surface area contributed by atoms with Crippen LogP contribution in [0.2, 0.25) is 0 Å². The number of aliphatic hydroxyl groups is 1. The van der Waals surface area contributed by atoms with E-state index >= 15 is 0 Å². The van der Waals surface area contributed by atoms with Gasteiger partial charge in [-0.3, -0.25) is 0 Å². The van der Waals surface area contributed by atoms with Gasteiger partial charge in [-0.2, -0.15) is 0 Å². The highest BCUT2D eigenvalue weighted by Gasteiger charge is 2.22. The Morgan fingerprint density at radius 3 is 2.69 bits per heavy atom. The molecule has 0 aliphatic carbocycles. The third kappa shape index (κ3) is 3.63. The minimum atomic E-state index is -0.120. The van der Waals surface area contributed by atoms with Gasteiger partial charge in [-0.25, -0.2) is 0 Å².